The van der Waals surface area contributed by atoms with Gasteiger partial charge in [0.2, 0.25) is 0 Å². The first-order valence-electron chi connectivity index (χ1n) is 10.4. The van der Waals surface area contributed by atoms with E-state index < -0.39 is 0 Å². The summed E-state index contributed by atoms with van der Waals surface area (Å²) in [5, 5.41) is 3.45. The van der Waals surface area contributed by atoms with Crippen molar-refractivity contribution in [1.82, 2.24) is 10.2 Å². The third-order valence-corrected chi connectivity index (χ3v) is 4.84. The molecule has 0 bridgehead atoms. The Kier molecular flexibility index (Phi) is 7.29. The molecule has 1 fully saturated rings. The number of hydrogen-bond acceptors (Lipinski definition) is 4. The monoisotopic (exact) mass is 396 g/mol. The van der Waals surface area contributed by atoms with E-state index in [1.807, 2.05) is 69.0 Å². The summed E-state index contributed by atoms with van der Waals surface area (Å²) in [6, 6.07) is 16.0. The smallest absolute Gasteiger partial charge is 0.254 e. The fourth-order valence-corrected chi connectivity index (χ4v) is 3.64. The van der Waals surface area contributed by atoms with Gasteiger partial charge in [-0.25, -0.2) is 0 Å². The average molecular weight is 397 g/mol. The van der Waals surface area contributed by atoms with Crippen molar-refractivity contribution in [3.05, 3.63) is 65.2 Å². The van der Waals surface area contributed by atoms with Crippen molar-refractivity contribution in [2.75, 3.05) is 13.1 Å². The molecular weight excluding hydrogens is 364 g/mol. The summed E-state index contributed by atoms with van der Waals surface area (Å²) in [4.78, 5) is 14.6. The van der Waals surface area contributed by atoms with Crippen LogP contribution in [0.3, 0.4) is 0 Å². The van der Waals surface area contributed by atoms with E-state index in [1.165, 1.54) is 5.56 Å². The second kappa shape index (κ2) is 9.90. The number of morpholine rings is 1. The quantitative estimate of drug-likeness (QED) is 0.768. The molecule has 0 radical (unpaired) electrons. The molecule has 2 atom stereocenters. The molecule has 5 nitrogen and oxygen atoms in total. The highest BCUT2D eigenvalue weighted by Gasteiger charge is 2.26. The standard InChI is InChI=1S/C24H32N2O3/c1-17(2)28-23-7-5-6-21(12-23)14-25-13-20-8-10-22(11-9-20)24(27)26-15-18(3)29-19(4)16-26/h5-12,17-19,25H,13-16H2,1-4H3. The van der Waals surface area contributed by atoms with Crippen LogP contribution in [-0.4, -0.2) is 42.2 Å². The minimum absolute atomic E-state index is 0.0773. The first kappa shape index (κ1) is 21.3. The Balaban J connectivity index is 1.51. The fraction of sp³-hybridized carbons (Fsp3) is 0.458. The second-order valence-electron chi connectivity index (χ2n) is 8.08. The Bertz CT molecular complexity index is 794. The molecule has 2 aromatic rings. The molecule has 156 valence electrons. The molecule has 0 aromatic heterocycles. The molecule has 3 rings (SSSR count). The summed E-state index contributed by atoms with van der Waals surface area (Å²) in [5.74, 6) is 0.974. The third kappa shape index (κ3) is 6.31. The Morgan fingerprint density at radius 3 is 2.38 bits per heavy atom. The van der Waals surface area contributed by atoms with Gasteiger partial charge in [0.15, 0.2) is 0 Å². The third-order valence-electron chi connectivity index (χ3n) is 4.84. The number of rotatable bonds is 7. The zero-order chi connectivity index (χ0) is 20.8. The van der Waals surface area contributed by atoms with Gasteiger partial charge in [-0.05, 0) is 63.1 Å². The maximum absolute atomic E-state index is 12.8. The van der Waals surface area contributed by atoms with E-state index >= 15 is 0 Å². The minimum Gasteiger partial charge on any atom is -0.491 e. The van der Waals surface area contributed by atoms with E-state index in [0.29, 0.717) is 13.1 Å². The van der Waals surface area contributed by atoms with E-state index in [-0.39, 0.29) is 24.2 Å². The van der Waals surface area contributed by atoms with Crippen LogP contribution in [0.15, 0.2) is 48.5 Å². The maximum atomic E-state index is 12.8. The summed E-state index contributed by atoms with van der Waals surface area (Å²) >= 11 is 0. The Labute approximate surface area is 174 Å². The van der Waals surface area contributed by atoms with Crippen LogP contribution >= 0.6 is 0 Å². The molecule has 1 heterocycles. The lowest BCUT2D eigenvalue weighted by molar-refractivity contribution is -0.0586. The SMILES string of the molecule is CC(C)Oc1cccc(CNCc2ccc(C(=O)N3CC(C)OC(C)C3)cc2)c1. The van der Waals surface area contributed by atoms with Crippen molar-refractivity contribution in [3.8, 4) is 5.75 Å². The van der Waals surface area contributed by atoms with Crippen LogP contribution in [0.5, 0.6) is 5.75 Å². The fourth-order valence-electron chi connectivity index (χ4n) is 3.64. The lowest BCUT2D eigenvalue weighted by atomic mass is 10.1. The minimum atomic E-state index is 0.0773. The van der Waals surface area contributed by atoms with Crippen LogP contribution in [0, 0.1) is 0 Å². The lowest BCUT2D eigenvalue weighted by Crippen LogP contribution is -2.48. The highest BCUT2D eigenvalue weighted by atomic mass is 16.5. The molecule has 0 saturated carbocycles. The van der Waals surface area contributed by atoms with E-state index in [2.05, 4.69) is 17.4 Å². The van der Waals surface area contributed by atoms with Gasteiger partial charge >= 0.3 is 0 Å². The predicted molar refractivity (Wildman–Crippen MR) is 115 cm³/mol. The van der Waals surface area contributed by atoms with Gasteiger partial charge in [-0.2, -0.15) is 0 Å². The van der Waals surface area contributed by atoms with Crippen molar-refractivity contribution in [2.45, 2.75) is 59.1 Å². The normalized spacial score (nSPS) is 19.4. The van der Waals surface area contributed by atoms with Crippen LogP contribution in [0.4, 0.5) is 0 Å². The van der Waals surface area contributed by atoms with Crippen molar-refractivity contribution in [3.63, 3.8) is 0 Å². The Morgan fingerprint density at radius 1 is 1.07 bits per heavy atom. The van der Waals surface area contributed by atoms with Crippen molar-refractivity contribution < 1.29 is 14.3 Å². The number of benzene rings is 2. The first-order valence-corrected chi connectivity index (χ1v) is 10.4. The van der Waals surface area contributed by atoms with Crippen molar-refractivity contribution in [2.24, 2.45) is 0 Å². The van der Waals surface area contributed by atoms with Gasteiger partial charge in [-0.15, -0.1) is 0 Å². The molecule has 1 N–H and O–H groups in total. The van der Waals surface area contributed by atoms with Crippen LogP contribution in [0.1, 0.15) is 49.2 Å². The van der Waals surface area contributed by atoms with E-state index in [4.69, 9.17) is 9.47 Å². The summed E-state index contributed by atoms with van der Waals surface area (Å²) in [6.07, 6.45) is 0.328. The molecule has 1 aliphatic rings. The highest BCUT2D eigenvalue weighted by Crippen LogP contribution is 2.16. The van der Waals surface area contributed by atoms with Crippen LogP contribution in [-0.2, 0) is 17.8 Å². The largest absolute Gasteiger partial charge is 0.491 e. The van der Waals surface area contributed by atoms with Gasteiger partial charge < -0.3 is 19.7 Å². The molecule has 0 spiro atoms. The second-order valence-corrected chi connectivity index (χ2v) is 8.08. The van der Waals surface area contributed by atoms with Gasteiger partial charge in [0, 0.05) is 31.7 Å². The van der Waals surface area contributed by atoms with Gasteiger partial charge in [0.05, 0.1) is 18.3 Å². The molecule has 5 heteroatoms. The zero-order valence-electron chi connectivity index (χ0n) is 17.9. The van der Waals surface area contributed by atoms with E-state index in [0.717, 1.165) is 30.0 Å². The molecule has 1 amide bonds. The van der Waals surface area contributed by atoms with Crippen LogP contribution < -0.4 is 10.1 Å². The number of carbonyl (C=O) groups is 1. The lowest BCUT2D eigenvalue weighted by Gasteiger charge is -2.35. The number of carbonyl (C=O) groups excluding carboxylic acids is 1. The summed E-state index contributed by atoms with van der Waals surface area (Å²) in [5.41, 5.74) is 3.07. The summed E-state index contributed by atoms with van der Waals surface area (Å²) in [6.45, 7) is 10.9. The van der Waals surface area contributed by atoms with Gasteiger partial charge in [0.25, 0.3) is 5.91 Å². The van der Waals surface area contributed by atoms with Crippen LogP contribution in [0.2, 0.25) is 0 Å². The number of nitrogens with zero attached hydrogens (tertiary/aromatic N) is 1. The topological polar surface area (TPSA) is 50.8 Å². The number of nitrogens with one attached hydrogen (secondary N) is 1. The maximum Gasteiger partial charge on any atom is 0.254 e. The Morgan fingerprint density at radius 2 is 1.72 bits per heavy atom. The molecule has 29 heavy (non-hydrogen) atoms. The molecule has 0 aliphatic carbocycles. The molecule has 1 saturated heterocycles. The van der Waals surface area contributed by atoms with E-state index in [9.17, 15) is 4.79 Å². The van der Waals surface area contributed by atoms with Gasteiger partial charge in [-0.1, -0.05) is 24.3 Å². The molecular formula is C24H32N2O3. The van der Waals surface area contributed by atoms with Crippen molar-refractivity contribution >= 4 is 5.91 Å². The predicted octanol–water partition coefficient (Wildman–Crippen LogP) is 4.01. The molecule has 2 unspecified atom stereocenters. The number of hydrogen-bond donors (Lipinski definition) is 1. The number of ether oxygens (including phenoxy) is 2. The molecule has 1 aliphatic heterocycles. The van der Waals surface area contributed by atoms with Crippen molar-refractivity contribution in [1.29, 1.82) is 0 Å². The Hall–Kier alpha value is -2.37. The summed E-state index contributed by atoms with van der Waals surface area (Å²) in [7, 11) is 0. The van der Waals surface area contributed by atoms with E-state index in [1.54, 1.807) is 0 Å². The average Bonchev–Trinajstić information content (AvgIpc) is 2.67. The van der Waals surface area contributed by atoms with Gasteiger partial charge in [0.1, 0.15) is 5.75 Å². The number of amides is 1. The van der Waals surface area contributed by atoms with Gasteiger partial charge in [-0.3, -0.25) is 4.79 Å². The zero-order valence-corrected chi connectivity index (χ0v) is 17.9. The van der Waals surface area contributed by atoms with Crippen LogP contribution in [0.25, 0.3) is 0 Å². The first-order chi connectivity index (χ1) is 13.9. The highest BCUT2D eigenvalue weighted by molar-refractivity contribution is 5.94. The molecule has 2 aromatic carbocycles. The summed E-state index contributed by atoms with van der Waals surface area (Å²) < 4.78 is 11.5.